The molecule has 2 aromatic carbocycles. The summed E-state index contributed by atoms with van der Waals surface area (Å²) in [5.74, 6) is 0.720. The van der Waals surface area contributed by atoms with Crippen LogP contribution in [0.25, 0.3) is 6.08 Å². The molecule has 1 N–H and O–H groups in total. The van der Waals surface area contributed by atoms with Crippen LogP contribution in [0.5, 0.6) is 11.5 Å². The van der Waals surface area contributed by atoms with E-state index < -0.39 is 5.97 Å². The van der Waals surface area contributed by atoms with E-state index in [1.807, 2.05) is 6.92 Å². The summed E-state index contributed by atoms with van der Waals surface area (Å²) in [5.41, 5.74) is 2.21. The van der Waals surface area contributed by atoms with Crippen molar-refractivity contribution in [3.05, 3.63) is 59.3 Å². The molecule has 0 atom stereocenters. The van der Waals surface area contributed by atoms with Gasteiger partial charge in [0, 0.05) is 18.2 Å². The van der Waals surface area contributed by atoms with E-state index in [2.05, 4.69) is 10.3 Å². The molecule has 3 rings (SSSR count). The molecule has 0 saturated heterocycles. The number of ether oxygens (including phenoxy) is 3. The van der Waals surface area contributed by atoms with Crippen LogP contribution in [-0.2, 0) is 14.3 Å². The van der Waals surface area contributed by atoms with Gasteiger partial charge in [-0.1, -0.05) is 6.07 Å². The summed E-state index contributed by atoms with van der Waals surface area (Å²) >= 11 is 0. The number of nitrogens with one attached hydrogen (secondary N) is 1. The Hall–Kier alpha value is -3.61. The predicted molar refractivity (Wildman–Crippen MR) is 106 cm³/mol. The van der Waals surface area contributed by atoms with Gasteiger partial charge in [0.25, 0.3) is 0 Å². The summed E-state index contributed by atoms with van der Waals surface area (Å²) in [5, 5.41) is 2.68. The van der Waals surface area contributed by atoms with E-state index in [1.165, 1.54) is 6.92 Å². The molecular formula is C21H20N2O5. The largest absolute Gasteiger partial charge is 0.493 e. The molecule has 0 aliphatic carbocycles. The number of anilines is 1. The van der Waals surface area contributed by atoms with Crippen molar-refractivity contribution >= 4 is 29.5 Å². The van der Waals surface area contributed by atoms with Gasteiger partial charge in [-0.25, -0.2) is 9.79 Å². The Labute approximate surface area is 162 Å². The first-order valence-electron chi connectivity index (χ1n) is 8.71. The van der Waals surface area contributed by atoms with E-state index in [9.17, 15) is 9.59 Å². The third kappa shape index (κ3) is 4.37. The number of cyclic esters (lactones) is 1. The third-order valence-electron chi connectivity index (χ3n) is 3.86. The average molecular weight is 380 g/mol. The number of hydrogen-bond donors (Lipinski definition) is 1. The fraction of sp³-hybridized carbons (Fsp3) is 0.190. The van der Waals surface area contributed by atoms with Crippen LogP contribution in [0.1, 0.15) is 25.0 Å². The summed E-state index contributed by atoms with van der Waals surface area (Å²) in [7, 11) is 1.57. The van der Waals surface area contributed by atoms with Crippen molar-refractivity contribution in [2.24, 2.45) is 4.99 Å². The van der Waals surface area contributed by atoms with Crippen LogP contribution in [0.2, 0.25) is 0 Å². The first kappa shape index (κ1) is 19.2. The maximum atomic E-state index is 12.2. The Morgan fingerprint density at radius 1 is 1.18 bits per heavy atom. The number of nitrogens with zero attached hydrogens (tertiary/aromatic N) is 1. The first-order chi connectivity index (χ1) is 13.5. The highest BCUT2D eigenvalue weighted by Gasteiger charge is 2.24. The van der Waals surface area contributed by atoms with Gasteiger partial charge >= 0.3 is 5.97 Å². The molecule has 1 amide bonds. The van der Waals surface area contributed by atoms with Crippen LogP contribution < -0.4 is 14.8 Å². The van der Waals surface area contributed by atoms with Crippen LogP contribution in [0.4, 0.5) is 5.69 Å². The van der Waals surface area contributed by atoms with Crippen molar-refractivity contribution in [3.8, 4) is 11.5 Å². The number of aliphatic imine (C=N–C) groups is 1. The lowest BCUT2D eigenvalue weighted by Gasteiger charge is -2.09. The zero-order chi connectivity index (χ0) is 20.1. The third-order valence-corrected chi connectivity index (χ3v) is 3.86. The van der Waals surface area contributed by atoms with Gasteiger partial charge in [-0.15, -0.1) is 0 Å². The predicted octanol–water partition coefficient (Wildman–Crippen LogP) is 3.40. The monoisotopic (exact) mass is 380 g/mol. The van der Waals surface area contributed by atoms with Crippen LogP contribution >= 0.6 is 0 Å². The van der Waals surface area contributed by atoms with E-state index in [0.717, 1.165) is 5.56 Å². The summed E-state index contributed by atoms with van der Waals surface area (Å²) in [6, 6.07) is 12.2. The van der Waals surface area contributed by atoms with Crippen LogP contribution in [0, 0.1) is 0 Å². The summed E-state index contributed by atoms with van der Waals surface area (Å²) in [6.45, 7) is 3.81. The van der Waals surface area contributed by atoms with Crippen LogP contribution in [0.3, 0.4) is 0 Å². The summed E-state index contributed by atoms with van der Waals surface area (Å²) in [6.07, 6.45) is 1.63. The maximum absolute atomic E-state index is 12.2. The smallest absolute Gasteiger partial charge is 0.363 e. The molecule has 0 radical (unpaired) electrons. The van der Waals surface area contributed by atoms with Crippen molar-refractivity contribution in [3.63, 3.8) is 0 Å². The molecular weight excluding hydrogens is 360 g/mol. The minimum Gasteiger partial charge on any atom is -0.493 e. The second-order valence-corrected chi connectivity index (χ2v) is 5.94. The molecule has 1 aliphatic rings. The van der Waals surface area contributed by atoms with Crippen molar-refractivity contribution in [2.45, 2.75) is 13.8 Å². The van der Waals surface area contributed by atoms with E-state index in [-0.39, 0.29) is 17.5 Å². The van der Waals surface area contributed by atoms with E-state index in [4.69, 9.17) is 14.2 Å². The zero-order valence-electron chi connectivity index (χ0n) is 15.8. The Bertz CT molecular complexity index is 961. The molecule has 0 bridgehead atoms. The van der Waals surface area contributed by atoms with Gasteiger partial charge in [0.1, 0.15) is 0 Å². The fourth-order valence-electron chi connectivity index (χ4n) is 2.64. The summed E-state index contributed by atoms with van der Waals surface area (Å²) < 4.78 is 16.1. The molecule has 28 heavy (non-hydrogen) atoms. The molecule has 1 aliphatic heterocycles. The first-order valence-corrected chi connectivity index (χ1v) is 8.71. The number of hydrogen-bond acceptors (Lipinski definition) is 6. The number of carbonyl (C=O) groups excluding carboxylic acids is 2. The second kappa shape index (κ2) is 8.39. The molecule has 0 saturated carbocycles. The van der Waals surface area contributed by atoms with Crippen molar-refractivity contribution < 1.29 is 23.8 Å². The van der Waals surface area contributed by atoms with E-state index >= 15 is 0 Å². The molecule has 7 nitrogen and oxygen atoms in total. The molecule has 0 aromatic heterocycles. The SMILES string of the molecule is CCOc1cc(/C=C2\N=C(c3ccc(NC(C)=O)cc3)OC2=O)ccc1OC. The van der Waals surface area contributed by atoms with Gasteiger partial charge in [0.2, 0.25) is 11.8 Å². The molecule has 0 unspecified atom stereocenters. The van der Waals surface area contributed by atoms with E-state index in [0.29, 0.717) is 29.4 Å². The highest BCUT2D eigenvalue weighted by molar-refractivity contribution is 6.13. The van der Waals surface area contributed by atoms with Gasteiger partial charge in [0.15, 0.2) is 17.2 Å². The lowest BCUT2D eigenvalue weighted by molar-refractivity contribution is -0.129. The Morgan fingerprint density at radius 3 is 2.57 bits per heavy atom. The van der Waals surface area contributed by atoms with Crippen molar-refractivity contribution in [1.29, 1.82) is 0 Å². The lowest BCUT2D eigenvalue weighted by Crippen LogP contribution is -2.07. The lowest BCUT2D eigenvalue weighted by atomic mass is 10.1. The standard InChI is InChI=1S/C21H20N2O5/c1-4-27-19-12-14(5-10-18(19)26-3)11-17-21(25)28-20(23-17)15-6-8-16(9-7-15)22-13(2)24/h5-12H,4H2,1-3H3,(H,22,24)/b17-11-. The molecule has 7 heteroatoms. The normalized spacial score (nSPS) is 14.5. The highest BCUT2D eigenvalue weighted by Crippen LogP contribution is 2.29. The minimum absolute atomic E-state index is 0.159. The maximum Gasteiger partial charge on any atom is 0.363 e. The Balaban J connectivity index is 1.85. The molecule has 1 heterocycles. The number of carbonyl (C=O) groups is 2. The minimum atomic E-state index is -0.533. The van der Waals surface area contributed by atoms with Crippen LogP contribution in [0.15, 0.2) is 53.2 Å². The van der Waals surface area contributed by atoms with Gasteiger partial charge in [-0.2, -0.15) is 0 Å². The molecule has 0 spiro atoms. The van der Waals surface area contributed by atoms with Crippen molar-refractivity contribution in [1.82, 2.24) is 0 Å². The average Bonchev–Trinajstić information content (AvgIpc) is 3.03. The quantitative estimate of drug-likeness (QED) is 0.613. The van der Waals surface area contributed by atoms with Gasteiger partial charge in [0.05, 0.1) is 13.7 Å². The fourth-order valence-corrected chi connectivity index (χ4v) is 2.64. The molecule has 2 aromatic rings. The van der Waals surface area contributed by atoms with Gasteiger partial charge in [-0.3, -0.25) is 4.79 Å². The van der Waals surface area contributed by atoms with Crippen molar-refractivity contribution in [2.75, 3.05) is 19.0 Å². The topological polar surface area (TPSA) is 86.2 Å². The zero-order valence-corrected chi connectivity index (χ0v) is 15.8. The Kier molecular flexibility index (Phi) is 5.74. The number of benzene rings is 2. The number of esters is 1. The van der Waals surface area contributed by atoms with Gasteiger partial charge < -0.3 is 19.5 Å². The summed E-state index contributed by atoms with van der Waals surface area (Å²) in [4.78, 5) is 27.6. The highest BCUT2D eigenvalue weighted by atomic mass is 16.6. The van der Waals surface area contributed by atoms with Gasteiger partial charge in [-0.05, 0) is 55.0 Å². The number of rotatable bonds is 6. The Morgan fingerprint density at radius 2 is 1.93 bits per heavy atom. The second-order valence-electron chi connectivity index (χ2n) is 5.94. The molecule has 0 fully saturated rings. The van der Waals surface area contributed by atoms with Crippen LogP contribution in [-0.4, -0.2) is 31.5 Å². The number of methoxy groups -OCH3 is 1. The number of amides is 1. The molecule has 144 valence electrons. The van der Waals surface area contributed by atoms with E-state index in [1.54, 1.807) is 55.7 Å².